The van der Waals surface area contributed by atoms with Crippen molar-refractivity contribution in [2.24, 2.45) is 0 Å². The molecular weight excluding hydrogens is 378 g/mol. The number of para-hydroxylation sites is 1. The Morgan fingerprint density at radius 2 is 1.60 bits per heavy atom. The summed E-state index contributed by atoms with van der Waals surface area (Å²) in [6.07, 6.45) is 0.623. The second kappa shape index (κ2) is 9.05. The molecule has 30 heavy (non-hydrogen) atoms. The fraction of sp³-hybridized carbons (Fsp3) is 0.125. The zero-order valence-electron chi connectivity index (χ0n) is 16.5. The van der Waals surface area contributed by atoms with Crippen molar-refractivity contribution in [3.63, 3.8) is 0 Å². The fourth-order valence-corrected chi connectivity index (χ4v) is 2.84. The Morgan fingerprint density at radius 3 is 2.33 bits per heavy atom. The Labute approximate surface area is 174 Å². The summed E-state index contributed by atoms with van der Waals surface area (Å²) in [6, 6.07) is 24.6. The van der Waals surface area contributed by atoms with Crippen molar-refractivity contribution in [2.45, 2.75) is 19.8 Å². The van der Waals surface area contributed by atoms with Gasteiger partial charge < -0.3 is 14.5 Å². The maximum absolute atomic E-state index is 12.2. The third-order valence-electron chi connectivity index (χ3n) is 4.45. The highest BCUT2D eigenvalue weighted by Gasteiger charge is 2.11. The highest BCUT2D eigenvalue weighted by molar-refractivity contribution is 5.90. The van der Waals surface area contributed by atoms with Gasteiger partial charge in [-0.2, -0.15) is 0 Å². The number of nitrogens with zero attached hydrogens (tertiary/aromatic N) is 2. The van der Waals surface area contributed by atoms with E-state index in [2.05, 4.69) is 15.5 Å². The molecule has 0 spiro atoms. The summed E-state index contributed by atoms with van der Waals surface area (Å²) in [4.78, 5) is 12.2. The molecule has 3 aromatic carbocycles. The molecule has 1 heterocycles. The normalized spacial score (nSPS) is 10.6. The Bertz CT molecular complexity index is 1100. The average Bonchev–Trinajstić information content (AvgIpc) is 3.24. The van der Waals surface area contributed by atoms with Crippen LogP contribution in [0.5, 0.6) is 11.5 Å². The molecule has 0 aliphatic rings. The van der Waals surface area contributed by atoms with E-state index in [4.69, 9.17) is 9.15 Å². The van der Waals surface area contributed by atoms with Gasteiger partial charge in [0.15, 0.2) is 0 Å². The number of anilines is 1. The van der Waals surface area contributed by atoms with E-state index >= 15 is 0 Å². The van der Waals surface area contributed by atoms with E-state index in [1.54, 1.807) is 12.1 Å². The van der Waals surface area contributed by atoms with Gasteiger partial charge in [-0.05, 0) is 55.5 Å². The zero-order chi connectivity index (χ0) is 20.8. The molecule has 4 rings (SSSR count). The molecule has 6 nitrogen and oxygen atoms in total. The number of hydrogen-bond acceptors (Lipinski definition) is 5. The molecule has 0 bridgehead atoms. The van der Waals surface area contributed by atoms with Crippen LogP contribution < -0.4 is 10.1 Å². The Balaban J connectivity index is 1.28. The van der Waals surface area contributed by atoms with Gasteiger partial charge in [0.1, 0.15) is 11.5 Å². The van der Waals surface area contributed by atoms with Gasteiger partial charge in [0.05, 0.1) is 0 Å². The van der Waals surface area contributed by atoms with Gasteiger partial charge in [0.25, 0.3) is 0 Å². The SMILES string of the molecule is Cc1ccc(-c2nnc(CCC(=O)Nc3ccc(Oc4ccccc4)cc3)o2)cc1. The lowest BCUT2D eigenvalue weighted by Crippen LogP contribution is -2.12. The molecule has 1 N–H and O–H groups in total. The van der Waals surface area contributed by atoms with Crippen LogP contribution in [0.15, 0.2) is 83.3 Å². The fourth-order valence-electron chi connectivity index (χ4n) is 2.84. The second-order valence-corrected chi connectivity index (χ2v) is 6.85. The van der Waals surface area contributed by atoms with Gasteiger partial charge in [-0.3, -0.25) is 4.79 Å². The Morgan fingerprint density at radius 1 is 0.900 bits per heavy atom. The molecule has 150 valence electrons. The van der Waals surface area contributed by atoms with E-state index in [1.165, 1.54) is 0 Å². The van der Waals surface area contributed by atoms with Crippen molar-refractivity contribution in [3.8, 4) is 23.0 Å². The topological polar surface area (TPSA) is 77.2 Å². The van der Waals surface area contributed by atoms with Gasteiger partial charge in [0, 0.05) is 24.1 Å². The summed E-state index contributed by atoms with van der Waals surface area (Å²) >= 11 is 0. The van der Waals surface area contributed by atoms with E-state index in [0.29, 0.717) is 29.6 Å². The minimum Gasteiger partial charge on any atom is -0.457 e. The standard InChI is InChI=1S/C24H21N3O3/c1-17-7-9-18(10-8-17)24-27-26-23(30-24)16-15-22(28)25-19-11-13-21(14-12-19)29-20-5-3-2-4-6-20/h2-14H,15-16H2,1H3,(H,25,28). The van der Waals surface area contributed by atoms with Crippen LogP contribution in [0.3, 0.4) is 0 Å². The Hall–Kier alpha value is -3.93. The third kappa shape index (κ3) is 5.11. The number of nitrogens with one attached hydrogen (secondary N) is 1. The van der Waals surface area contributed by atoms with Crippen LogP contribution in [0.1, 0.15) is 17.9 Å². The first kappa shape index (κ1) is 19.4. The molecule has 6 heteroatoms. The van der Waals surface area contributed by atoms with Crippen molar-refractivity contribution in [3.05, 3.63) is 90.3 Å². The lowest BCUT2D eigenvalue weighted by Gasteiger charge is -2.07. The minimum atomic E-state index is -0.123. The number of rotatable bonds is 7. The summed E-state index contributed by atoms with van der Waals surface area (Å²) in [5, 5.41) is 11.0. The van der Waals surface area contributed by atoms with Crippen LogP contribution in [0.2, 0.25) is 0 Å². The summed E-state index contributed by atoms with van der Waals surface area (Å²) in [5.74, 6) is 2.24. The first-order valence-electron chi connectivity index (χ1n) is 9.68. The van der Waals surface area contributed by atoms with Crippen LogP contribution in [-0.2, 0) is 11.2 Å². The van der Waals surface area contributed by atoms with Crippen LogP contribution in [0, 0.1) is 6.92 Å². The lowest BCUT2D eigenvalue weighted by molar-refractivity contribution is -0.116. The highest BCUT2D eigenvalue weighted by Crippen LogP contribution is 2.23. The van der Waals surface area contributed by atoms with Crippen molar-refractivity contribution in [1.29, 1.82) is 0 Å². The van der Waals surface area contributed by atoms with Gasteiger partial charge >= 0.3 is 0 Å². The second-order valence-electron chi connectivity index (χ2n) is 6.85. The van der Waals surface area contributed by atoms with E-state index in [1.807, 2.05) is 73.7 Å². The van der Waals surface area contributed by atoms with Crippen molar-refractivity contribution >= 4 is 11.6 Å². The molecule has 0 saturated carbocycles. The van der Waals surface area contributed by atoms with Crippen LogP contribution in [0.25, 0.3) is 11.5 Å². The largest absolute Gasteiger partial charge is 0.457 e. The monoisotopic (exact) mass is 399 g/mol. The molecule has 0 fully saturated rings. The van der Waals surface area contributed by atoms with Crippen molar-refractivity contribution in [2.75, 3.05) is 5.32 Å². The molecule has 0 unspecified atom stereocenters. The van der Waals surface area contributed by atoms with E-state index < -0.39 is 0 Å². The summed E-state index contributed by atoms with van der Waals surface area (Å²) in [7, 11) is 0. The Kier molecular flexibility index (Phi) is 5.85. The zero-order valence-corrected chi connectivity index (χ0v) is 16.5. The average molecular weight is 399 g/mol. The van der Waals surface area contributed by atoms with Crippen LogP contribution in [0.4, 0.5) is 5.69 Å². The van der Waals surface area contributed by atoms with Crippen LogP contribution >= 0.6 is 0 Å². The number of aromatic nitrogens is 2. The molecule has 1 aromatic heterocycles. The van der Waals surface area contributed by atoms with Crippen molar-refractivity contribution in [1.82, 2.24) is 10.2 Å². The third-order valence-corrected chi connectivity index (χ3v) is 4.45. The quantitative estimate of drug-likeness (QED) is 0.450. The maximum Gasteiger partial charge on any atom is 0.247 e. The number of aryl methyl sites for hydroxylation is 2. The lowest BCUT2D eigenvalue weighted by atomic mass is 10.1. The number of amides is 1. The van der Waals surface area contributed by atoms with Gasteiger partial charge in [-0.1, -0.05) is 35.9 Å². The first-order valence-corrected chi connectivity index (χ1v) is 9.68. The number of carbonyl (C=O) groups excluding carboxylic acids is 1. The predicted octanol–water partition coefficient (Wildman–Crippen LogP) is 5.41. The number of benzene rings is 3. The van der Waals surface area contributed by atoms with Crippen LogP contribution in [-0.4, -0.2) is 16.1 Å². The maximum atomic E-state index is 12.2. The predicted molar refractivity (Wildman–Crippen MR) is 114 cm³/mol. The minimum absolute atomic E-state index is 0.123. The summed E-state index contributed by atoms with van der Waals surface area (Å²) in [5.41, 5.74) is 2.72. The molecule has 1 amide bonds. The molecule has 0 saturated heterocycles. The van der Waals surface area contributed by atoms with Crippen molar-refractivity contribution < 1.29 is 13.9 Å². The summed E-state index contributed by atoms with van der Waals surface area (Å²) in [6.45, 7) is 2.02. The highest BCUT2D eigenvalue weighted by atomic mass is 16.5. The molecule has 0 radical (unpaired) electrons. The molecule has 4 aromatic rings. The number of carbonyl (C=O) groups is 1. The smallest absolute Gasteiger partial charge is 0.247 e. The summed E-state index contributed by atoms with van der Waals surface area (Å²) < 4.78 is 11.4. The van der Waals surface area contributed by atoms with E-state index in [-0.39, 0.29) is 12.3 Å². The molecule has 0 aliphatic carbocycles. The van der Waals surface area contributed by atoms with E-state index in [9.17, 15) is 4.79 Å². The molecule has 0 aliphatic heterocycles. The van der Waals surface area contributed by atoms with Gasteiger partial charge in [-0.15, -0.1) is 10.2 Å². The molecular formula is C24H21N3O3. The number of ether oxygens (including phenoxy) is 1. The van der Waals surface area contributed by atoms with E-state index in [0.717, 1.165) is 16.9 Å². The van der Waals surface area contributed by atoms with Gasteiger partial charge in [0.2, 0.25) is 17.7 Å². The first-order chi connectivity index (χ1) is 14.7. The molecule has 0 atom stereocenters. The van der Waals surface area contributed by atoms with Gasteiger partial charge in [-0.25, -0.2) is 0 Å². The number of hydrogen-bond donors (Lipinski definition) is 1.